The molecule has 1 saturated carbocycles. The number of nitrogens with zero attached hydrogens (tertiary/aromatic N) is 5. The topological polar surface area (TPSA) is 120 Å². The van der Waals surface area contributed by atoms with Crippen molar-refractivity contribution in [2.75, 3.05) is 6.54 Å². The minimum atomic E-state index is -0.626. The Labute approximate surface area is 164 Å². The maximum Gasteiger partial charge on any atom is 0.276 e. The predicted octanol–water partition coefficient (Wildman–Crippen LogP) is 1.64. The Morgan fingerprint density at radius 1 is 1.25 bits per heavy atom. The van der Waals surface area contributed by atoms with Crippen LogP contribution in [0.4, 0.5) is 0 Å². The number of rotatable bonds is 4. The van der Waals surface area contributed by atoms with Crippen LogP contribution < -0.4 is 5.73 Å². The normalized spacial score (nSPS) is 22.9. The smallest absolute Gasteiger partial charge is 0.276 e. The number of primary amides is 1. The molecule has 3 fully saturated rings. The molecule has 2 aromatic heterocycles. The lowest BCUT2D eigenvalue weighted by molar-refractivity contribution is 0.0723. The largest absolute Gasteiger partial charge is 0.447 e. The van der Waals surface area contributed by atoms with Crippen LogP contribution >= 0.6 is 11.6 Å². The molecule has 2 saturated heterocycles. The van der Waals surface area contributed by atoms with E-state index in [0.29, 0.717) is 23.0 Å². The molecule has 2 amide bonds. The molecule has 6 rings (SSSR count). The molecule has 1 aromatic carbocycles. The molecule has 0 spiro atoms. The van der Waals surface area contributed by atoms with Gasteiger partial charge in [0.25, 0.3) is 11.8 Å². The number of fused-ring (bicyclic) bond motifs is 1. The quantitative estimate of drug-likeness (QED) is 0.713. The van der Waals surface area contributed by atoms with Gasteiger partial charge in [0.05, 0.1) is 11.9 Å². The molecule has 2 bridgehead atoms. The van der Waals surface area contributed by atoms with Crippen LogP contribution in [0.25, 0.3) is 5.69 Å². The second kappa shape index (κ2) is 6.16. The summed E-state index contributed by atoms with van der Waals surface area (Å²) in [6.07, 6.45) is 3.52. The van der Waals surface area contributed by atoms with Gasteiger partial charge in [-0.25, -0.2) is 4.98 Å². The third-order valence-corrected chi connectivity index (χ3v) is 5.71. The lowest BCUT2D eigenvalue weighted by Crippen LogP contribution is -2.40. The summed E-state index contributed by atoms with van der Waals surface area (Å²) in [6.45, 7) is 0.570. The molecule has 3 atom stereocenters. The summed E-state index contributed by atoms with van der Waals surface area (Å²) in [5.41, 5.74) is 6.48. The molecule has 0 radical (unpaired) electrons. The summed E-state index contributed by atoms with van der Waals surface area (Å²) >= 11 is 5.90. The maximum absolute atomic E-state index is 13.0. The molecule has 28 heavy (non-hydrogen) atoms. The van der Waals surface area contributed by atoms with Gasteiger partial charge in [-0.15, -0.1) is 5.10 Å². The summed E-state index contributed by atoms with van der Waals surface area (Å²) in [5.74, 6) is -0.213. The van der Waals surface area contributed by atoms with E-state index in [-0.39, 0.29) is 35.2 Å². The van der Waals surface area contributed by atoms with E-state index < -0.39 is 5.91 Å². The highest BCUT2D eigenvalue weighted by Crippen LogP contribution is 2.53. The second-order valence-electron chi connectivity index (χ2n) is 6.97. The Bertz CT molecular complexity index is 1080. The Morgan fingerprint density at radius 2 is 2.04 bits per heavy atom. The Balaban J connectivity index is 1.37. The van der Waals surface area contributed by atoms with E-state index >= 15 is 0 Å². The summed E-state index contributed by atoms with van der Waals surface area (Å²) in [7, 11) is 0. The van der Waals surface area contributed by atoms with E-state index in [2.05, 4.69) is 15.2 Å². The Kier molecular flexibility index (Phi) is 3.73. The minimum absolute atomic E-state index is 0.0655. The van der Waals surface area contributed by atoms with E-state index in [1.54, 1.807) is 29.2 Å². The SMILES string of the molecule is NC(=O)c1ncoc1C1C2CC1N(C(=O)c1cnn(-c3ccc(Cl)cc3)n1)C2. The van der Waals surface area contributed by atoms with Crippen molar-refractivity contribution in [3.63, 3.8) is 0 Å². The minimum Gasteiger partial charge on any atom is -0.447 e. The summed E-state index contributed by atoms with van der Waals surface area (Å²) in [4.78, 5) is 31.6. The molecule has 3 aliphatic rings. The van der Waals surface area contributed by atoms with Gasteiger partial charge in [-0.2, -0.15) is 9.90 Å². The van der Waals surface area contributed by atoms with Gasteiger partial charge in [-0.3, -0.25) is 9.59 Å². The first-order chi connectivity index (χ1) is 13.5. The standard InChI is InChI=1S/C18H15ClN6O3/c19-10-1-3-11(4-2-10)25-22-6-12(23-25)18(27)24-7-9-5-13(24)14(9)16-15(17(20)26)21-8-28-16/h1-4,6,8-9,13-14H,5,7H2,(H2,20,26). The fourth-order valence-electron chi connectivity index (χ4n) is 4.13. The lowest BCUT2D eigenvalue weighted by atomic mass is 9.72. The molecule has 10 heteroatoms. The van der Waals surface area contributed by atoms with Crippen molar-refractivity contribution in [2.24, 2.45) is 11.7 Å². The van der Waals surface area contributed by atoms with E-state index in [0.717, 1.165) is 6.42 Å². The number of halogens is 1. The maximum atomic E-state index is 13.0. The number of hydrogen-bond acceptors (Lipinski definition) is 6. The predicted molar refractivity (Wildman–Crippen MR) is 97.1 cm³/mol. The molecular weight excluding hydrogens is 384 g/mol. The number of carbonyl (C=O) groups is 2. The van der Waals surface area contributed by atoms with Gasteiger partial charge in [-0.05, 0) is 36.6 Å². The summed E-state index contributed by atoms with van der Waals surface area (Å²) < 4.78 is 5.42. The molecule has 142 valence electrons. The highest BCUT2D eigenvalue weighted by atomic mass is 35.5. The number of amides is 2. The second-order valence-corrected chi connectivity index (χ2v) is 7.41. The van der Waals surface area contributed by atoms with Crippen molar-refractivity contribution in [3.8, 4) is 5.69 Å². The van der Waals surface area contributed by atoms with Gasteiger partial charge < -0.3 is 15.1 Å². The molecule has 3 aromatic rings. The number of hydrogen-bond donors (Lipinski definition) is 1. The first-order valence-electron chi connectivity index (χ1n) is 8.75. The highest BCUT2D eigenvalue weighted by molar-refractivity contribution is 6.30. The molecule has 9 nitrogen and oxygen atoms in total. The van der Waals surface area contributed by atoms with E-state index in [4.69, 9.17) is 21.8 Å². The first-order valence-corrected chi connectivity index (χ1v) is 9.13. The molecule has 2 aliphatic heterocycles. The van der Waals surface area contributed by atoms with Gasteiger partial charge in [0.15, 0.2) is 17.8 Å². The summed E-state index contributed by atoms with van der Waals surface area (Å²) in [5, 5.41) is 9.09. The lowest BCUT2D eigenvalue weighted by Gasteiger charge is -2.34. The van der Waals surface area contributed by atoms with Crippen molar-refractivity contribution in [2.45, 2.75) is 18.4 Å². The molecule has 2 N–H and O–H groups in total. The zero-order chi connectivity index (χ0) is 19.4. The van der Waals surface area contributed by atoms with Crippen LogP contribution in [0.1, 0.15) is 39.1 Å². The van der Waals surface area contributed by atoms with Crippen LogP contribution in [0, 0.1) is 5.92 Å². The van der Waals surface area contributed by atoms with Crippen molar-refractivity contribution in [1.29, 1.82) is 0 Å². The third-order valence-electron chi connectivity index (χ3n) is 5.46. The molecule has 1 aliphatic carbocycles. The molecule has 3 unspecified atom stereocenters. The van der Waals surface area contributed by atoms with Crippen LogP contribution in [0.2, 0.25) is 5.02 Å². The molecular formula is C18H15ClN6O3. The fraction of sp³-hybridized carbons (Fsp3) is 0.278. The van der Waals surface area contributed by atoms with Crippen LogP contribution in [0.3, 0.4) is 0 Å². The zero-order valence-electron chi connectivity index (χ0n) is 14.5. The summed E-state index contributed by atoms with van der Waals surface area (Å²) in [6, 6.07) is 6.94. The van der Waals surface area contributed by atoms with Crippen molar-refractivity contribution in [3.05, 3.63) is 59.0 Å². The fourth-order valence-corrected chi connectivity index (χ4v) is 4.25. The Hall–Kier alpha value is -3.20. The van der Waals surface area contributed by atoms with Gasteiger partial charge in [0, 0.05) is 23.5 Å². The van der Waals surface area contributed by atoms with Gasteiger partial charge >= 0.3 is 0 Å². The monoisotopic (exact) mass is 398 g/mol. The first kappa shape index (κ1) is 16.9. The van der Waals surface area contributed by atoms with Crippen molar-refractivity contribution < 1.29 is 14.0 Å². The van der Waals surface area contributed by atoms with Crippen LogP contribution in [0.15, 0.2) is 41.3 Å². The highest BCUT2D eigenvalue weighted by Gasteiger charge is 2.56. The Morgan fingerprint density at radius 3 is 2.79 bits per heavy atom. The number of nitrogens with two attached hydrogens (primary N) is 1. The van der Waals surface area contributed by atoms with Gasteiger partial charge in [0.1, 0.15) is 5.76 Å². The number of oxazole rings is 1. The van der Waals surface area contributed by atoms with Crippen LogP contribution in [-0.2, 0) is 0 Å². The number of benzene rings is 1. The van der Waals surface area contributed by atoms with Gasteiger partial charge in [-0.1, -0.05) is 11.6 Å². The third kappa shape index (κ3) is 2.50. The van der Waals surface area contributed by atoms with Crippen molar-refractivity contribution in [1.82, 2.24) is 24.9 Å². The van der Waals surface area contributed by atoms with Crippen LogP contribution in [0.5, 0.6) is 0 Å². The van der Waals surface area contributed by atoms with E-state index in [9.17, 15) is 9.59 Å². The number of aromatic nitrogens is 4. The van der Waals surface area contributed by atoms with E-state index in [1.165, 1.54) is 17.4 Å². The van der Waals surface area contributed by atoms with Crippen molar-refractivity contribution >= 4 is 23.4 Å². The number of carbonyl (C=O) groups excluding carboxylic acids is 2. The average Bonchev–Trinajstić information content (AvgIpc) is 3.43. The molecule has 4 heterocycles. The van der Waals surface area contributed by atoms with Gasteiger partial charge in [0.2, 0.25) is 0 Å². The average molecular weight is 399 g/mol. The van der Waals surface area contributed by atoms with Crippen LogP contribution in [-0.4, -0.2) is 49.3 Å². The van der Waals surface area contributed by atoms with E-state index in [1.807, 2.05) is 0 Å². The zero-order valence-corrected chi connectivity index (χ0v) is 15.3.